The average Bonchev–Trinajstić information content (AvgIpc) is 3.74. The van der Waals surface area contributed by atoms with Crippen LogP contribution < -0.4 is 15.4 Å². The van der Waals surface area contributed by atoms with Gasteiger partial charge in [0.1, 0.15) is 54.8 Å². The normalized spacial score (nSPS) is 25.7. The van der Waals surface area contributed by atoms with Crippen molar-refractivity contribution in [3.8, 4) is 17.2 Å². The van der Waals surface area contributed by atoms with E-state index in [4.69, 9.17) is 18.9 Å². The highest BCUT2D eigenvalue weighted by atomic mass is 16.7. The van der Waals surface area contributed by atoms with Gasteiger partial charge in [-0.05, 0) is 31.4 Å². The van der Waals surface area contributed by atoms with Crippen LogP contribution in [0, 0.1) is 0 Å². The maximum atomic E-state index is 14.0. The molecule has 0 unspecified atom stereocenters. The van der Waals surface area contributed by atoms with Gasteiger partial charge in [0.15, 0.2) is 17.9 Å². The number of aromatic hydroxyl groups is 2. The number of benzene rings is 3. The lowest BCUT2D eigenvalue weighted by Crippen LogP contribution is -2.58. The number of aliphatic hydroxyl groups excluding tert-OH is 2. The number of ketones is 3. The number of methoxy groups -OCH3 is 1. The summed E-state index contributed by atoms with van der Waals surface area (Å²) in [6, 6.07) is 11.3. The van der Waals surface area contributed by atoms with Crippen molar-refractivity contribution in [2.45, 2.75) is 87.9 Å². The van der Waals surface area contributed by atoms with Crippen molar-refractivity contribution in [1.82, 2.24) is 15.5 Å². The number of ether oxygens (including phenoxy) is 4. The number of carbonyl (C=O) groups is 6. The fourth-order valence-corrected chi connectivity index (χ4v) is 8.50. The summed E-state index contributed by atoms with van der Waals surface area (Å²) in [4.78, 5) is 81.2. The van der Waals surface area contributed by atoms with E-state index in [1.165, 1.54) is 37.1 Å². The number of phenols is 2. The van der Waals surface area contributed by atoms with E-state index in [1.807, 2.05) is 6.07 Å². The molecule has 4 aliphatic rings. The molecule has 2 saturated heterocycles. The molecule has 318 valence electrons. The van der Waals surface area contributed by atoms with E-state index in [9.17, 15) is 54.3 Å². The number of aliphatic hydroxyl groups is 3. The van der Waals surface area contributed by atoms with E-state index in [1.54, 1.807) is 24.3 Å². The molecule has 7 rings (SSSR count). The number of likely N-dealkylation sites (tertiary alicyclic amines) is 1. The first-order valence-corrected chi connectivity index (χ1v) is 19.4. The molecule has 3 aromatic carbocycles. The highest BCUT2D eigenvalue weighted by Gasteiger charge is 2.50. The number of phenolic OH excluding ortho intramolecular Hbond substituents is 2. The number of hydrogen-bond acceptors (Lipinski definition) is 15. The van der Waals surface area contributed by atoms with Gasteiger partial charge in [-0.1, -0.05) is 42.5 Å². The summed E-state index contributed by atoms with van der Waals surface area (Å²) in [6.07, 6.45) is -6.64. The smallest absolute Gasteiger partial charge is 0.407 e. The Bertz CT molecular complexity index is 2230. The summed E-state index contributed by atoms with van der Waals surface area (Å²) in [5.41, 5.74) is -3.48. The van der Waals surface area contributed by atoms with Crippen LogP contribution in [-0.4, -0.2) is 129 Å². The van der Waals surface area contributed by atoms with E-state index in [2.05, 4.69) is 10.6 Å². The summed E-state index contributed by atoms with van der Waals surface area (Å²) in [6.45, 7) is 0.205. The molecule has 7 atom stereocenters. The number of carbonyl (C=O) groups excluding carboxylic acids is 6. The fraction of sp³-hybridized carbons (Fsp3) is 0.429. The SMILES string of the molecule is COc1cccc2c1C(=O)c1c(O)c3c(c(O)c1C2=O)C[C@@](O)(C(=O)CO)C[C@@H]3O[C@H]1C[C@H](NC(=O)[C@@H]2CCCN2C(=O)CNC(=O)OCc2ccccc2)[C@H](O)[C@H](C)O1. The zero-order chi connectivity index (χ0) is 43.0. The van der Waals surface area contributed by atoms with Gasteiger partial charge < -0.3 is 60.0 Å². The Balaban J connectivity index is 1.09. The molecular formula is C42H45N3O15. The number of amides is 3. The Hall–Kier alpha value is -5.92. The van der Waals surface area contributed by atoms with Gasteiger partial charge in [-0.2, -0.15) is 0 Å². The zero-order valence-corrected chi connectivity index (χ0v) is 32.7. The summed E-state index contributed by atoms with van der Waals surface area (Å²) in [7, 11) is 1.30. The lowest BCUT2D eigenvalue weighted by Gasteiger charge is -2.43. The van der Waals surface area contributed by atoms with Crippen molar-refractivity contribution in [2.24, 2.45) is 0 Å². The van der Waals surface area contributed by atoms with Gasteiger partial charge in [0, 0.05) is 42.5 Å². The highest BCUT2D eigenvalue weighted by Crippen LogP contribution is 2.52. The van der Waals surface area contributed by atoms with Crippen molar-refractivity contribution >= 4 is 35.3 Å². The van der Waals surface area contributed by atoms with Crippen molar-refractivity contribution in [3.05, 3.63) is 87.5 Å². The third-order valence-corrected chi connectivity index (χ3v) is 11.6. The molecule has 0 spiro atoms. The second-order valence-corrected chi connectivity index (χ2v) is 15.3. The predicted octanol–water partition coefficient (Wildman–Crippen LogP) is 1.08. The standard InChI is InChI=1S/C42H45N3O15/c1-20-35(49)24(44-40(54)25-11-7-13-45(25)29(48)17-43-41(55)58-19-21-8-4-3-5-9-21)14-30(59-20)60-27-16-42(56,28(47)18-46)15-23-32(27)39(53)34-33(37(23)51)36(50)22-10-6-12-26(57-2)31(22)38(34)52/h3-6,8-10,12,20,24-25,27,30,35,46,49,51,53,56H,7,11,13-19H2,1-2H3,(H,43,55)(H,44,54)/t20-,24-,25-,27-,30-,35+,42-/m0/s1. The van der Waals surface area contributed by atoms with Gasteiger partial charge in [0.25, 0.3) is 0 Å². The molecule has 0 radical (unpaired) electrons. The number of rotatable bonds is 11. The Morgan fingerprint density at radius 1 is 0.983 bits per heavy atom. The third-order valence-electron chi connectivity index (χ3n) is 11.6. The van der Waals surface area contributed by atoms with Crippen LogP contribution in [0.4, 0.5) is 4.79 Å². The van der Waals surface area contributed by atoms with Crippen LogP contribution in [0.3, 0.4) is 0 Å². The highest BCUT2D eigenvalue weighted by molar-refractivity contribution is 6.31. The number of fused-ring (bicyclic) bond motifs is 3. The van der Waals surface area contributed by atoms with E-state index >= 15 is 0 Å². The lowest BCUT2D eigenvalue weighted by molar-refractivity contribution is -0.249. The van der Waals surface area contributed by atoms with Crippen LogP contribution >= 0.6 is 0 Å². The maximum absolute atomic E-state index is 14.0. The monoisotopic (exact) mass is 831 g/mol. The van der Waals surface area contributed by atoms with Crippen LogP contribution in [0.1, 0.15) is 87.2 Å². The molecule has 3 aromatic rings. The van der Waals surface area contributed by atoms with Crippen molar-refractivity contribution in [1.29, 1.82) is 0 Å². The first-order valence-electron chi connectivity index (χ1n) is 19.4. The number of nitrogens with one attached hydrogen (secondary N) is 2. The molecule has 3 amide bonds. The Labute approximate surface area is 343 Å². The topological polar surface area (TPSA) is 268 Å². The number of alkyl carbamates (subject to hydrolysis) is 1. The predicted molar refractivity (Wildman–Crippen MR) is 205 cm³/mol. The Morgan fingerprint density at radius 3 is 2.43 bits per heavy atom. The van der Waals surface area contributed by atoms with E-state index in [-0.39, 0.29) is 47.6 Å². The van der Waals surface area contributed by atoms with Crippen LogP contribution in [0.5, 0.6) is 17.2 Å². The minimum Gasteiger partial charge on any atom is -0.507 e. The van der Waals surface area contributed by atoms with Crippen molar-refractivity contribution in [3.63, 3.8) is 0 Å². The Morgan fingerprint density at radius 2 is 1.72 bits per heavy atom. The van der Waals surface area contributed by atoms with Crippen LogP contribution in [0.15, 0.2) is 48.5 Å². The summed E-state index contributed by atoms with van der Waals surface area (Å²) < 4.78 is 22.7. The molecule has 0 aromatic heterocycles. The summed E-state index contributed by atoms with van der Waals surface area (Å²) in [5.74, 6) is -5.34. The molecular weight excluding hydrogens is 786 g/mol. The summed E-state index contributed by atoms with van der Waals surface area (Å²) in [5, 5.41) is 61.2. The molecule has 60 heavy (non-hydrogen) atoms. The van der Waals surface area contributed by atoms with Gasteiger partial charge in [0.2, 0.25) is 17.6 Å². The van der Waals surface area contributed by atoms with Gasteiger partial charge in [-0.25, -0.2) is 4.79 Å². The number of Topliss-reactive ketones (excluding diaryl/α,β-unsaturated/α-hetero) is 1. The molecule has 2 aliphatic carbocycles. The lowest BCUT2D eigenvalue weighted by atomic mass is 9.72. The maximum Gasteiger partial charge on any atom is 0.407 e. The fourth-order valence-electron chi connectivity index (χ4n) is 8.50. The second kappa shape index (κ2) is 17.0. The van der Waals surface area contributed by atoms with E-state index in [0.29, 0.717) is 12.8 Å². The first-order chi connectivity index (χ1) is 28.7. The second-order valence-electron chi connectivity index (χ2n) is 15.3. The van der Waals surface area contributed by atoms with Crippen LogP contribution in [0.2, 0.25) is 0 Å². The van der Waals surface area contributed by atoms with Gasteiger partial charge in [0.05, 0.1) is 42.0 Å². The van der Waals surface area contributed by atoms with Crippen molar-refractivity contribution in [2.75, 3.05) is 26.8 Å². The number of nitrogens with zero attached hydrogens (tertiary/aromatic N) is 1. The van der Waals surface area contributed by atoms with Gasteiger partial charge in [-0.15, -0.1) is 0 Å². The molecule has 2 fully saturated rings. The molecule has 7 N–H and O–H groups in total. The van der Waals surface area contributed by atoms with Gasteiger partial charge in [-0.3, -0.25) is 24.0 Å². The first kappa shape index (κ1) is 42.2. The molecule has 2 aliphatic heterocycles. The minimum atomic E-state index is -2.38. The largest absolute Gasteiger partial charge is 0.507 e. The quantitative estimate of drug-likeness (QED) is 0.104. The van der Waals surface area contributed by atoms with Gasteiger partial charge >= 0.3 is 6.09 Å². The molecule has 18 nitrogen and oxygen atoms in total. The van der Waals surface area contributed by atoms with Crippen LogP contribution in [-0.2, 0) is 41.6 Å². The van der Waals surface area contributed by atoms with E-state index in [0.717, 1.165) is 5.56 Å². The zero-order valence-electron chi connectivity index (χ0n) is 32.7. The van der Waals surface area contributed by atoms with Crippen LogP contribution in [0.25, 0.3) is 0 Å². The number of hydrogen-bond donors (Lipinski definition) is 7. The molecule has 18 heteroatoms. The molecule has 0 saturated carbocycles. The molecule has 2 heterocycles. The Kier molecular flexibility index (Phi) is 11.9. The summed E-state index contributed by atoms with van der Waals surface area (Å²) >= 11 is 0. The average molecular weight is 832 g/mol. The van der Waals surface area contributed by atoms with E-state index < -0.39 is 126 Å². The minimum absolute atomic E-state index is 0.00195. The third kappa shape index (κ3) is 7.79. The molecule has 0 bridgehead atoms. The van der Waals surface area contributed by atoms with Crippen molar-refractivity contribution < 1.29 is 73.2 Å².